The van der Waals surface area contributed by atoms with Gasteiger partial charge >= 0.3 is 5.97 Å². The first-order valence-electron chi connectivity index (χ1n) is 5.33. The minimum Gasteiger partial charge on any atom is -0.477 e. The number of para-hydroxylation sites is 2. The summed E-state index contributed by atoms with van der Waals surface area (Å²) in [4.78, 5) is 11.4. The molecule has 0 bridgehead atoms. The summed E-state index contributed by atoms with van der Waals surface area (Å²) >= 11 is 0. The lowest BCUT2D eigenvalue weighted by atomic mass is 10.3. The third-order valence-electron chi connectivity index (χ3n) is 2.00. The van der Waals surface area contributed by atoms with Gasteiger partial charge in [-0.15, -0.1) is 0 Å². The number of ether oxygens (including phenoxy) is 2. The molecule has 16 heavy (non-hydrogen) atoms. The van der Waals surface area contributed by atoms with Gasteiger partial charge in [0.2, 0.25) is 0 Å². The van der Waals surface area contributed by atoms with Crippen molar-refractivity contribution in [2.24, 2.45) is 0 Å². The van der Waals surface area contributed by atoms with Crippen LogP contribution in [0.1, 0.15) is 20.3 Å². The summed E-state index contributed by atoms with van der Waals surface area (Å²) in [5.41, 5.74) is 6.20. The Hall–Kier alpha value is -1.71. The Morgan fingerprint density at radius 1 is 1.44 bits per heavy atom. The van der Waals surface area contributed by atoms with Crippen LogP contribution in [0.4, 0.5) is 5.69 Å². The quantitative estimate of drug-likeness (QED) is 0.612. The molecule has 0 amide bonds. The van der Waals surface area contributed by atoms with E-state index in [-0.39, 0.29) is 5.97 Å². The van der Waals surface area contributed by atoms with Gasteiger partial charge in [-0.25, -0.2) is 4.79 Å². The Bertz CT molecular complexity index is 352. The fourth-order valence-corrected chi connectivity index (χ4v) is 1.15. The zero-order chi connectivity index (χ0) is 12.0. The first kappa shape index (κ1) is 12.4. The summed E-state index contributed by atoms with van der Waals surface area (Å²) in [6, 6.07) is 7.05. The monoisotopic (exact) mass is 223 g/mol. The number of nitrogen functional groups attached to an aromatic ring is 1. The van der Waals surface area contributed by atoms with Gasteiger partial charge in [-0.05, 0) is 25.5 Å². The van der Waals surface area contributed by atoms with Crippen LogP contribution in [0, 0.1) is 0 Å². The smallest absolute Gasteiger partial charge is 0.347 e. The van der Waals surface area contributed by atoms with Crippen molar-refractivity contribution in [2.45, 2.75) is 26.4 Å². The number of esters is 1. The van der Waals surface area contributed by atoms with Crippen molar-refractivity contribution in [2.75, 3.05) is 12.3 Å². The maximum Gasteiger partial charge on any atom is 0.347 e. The van der Waals surface area contributed by atoms with Crippen molar-refractivity contribution in [1.29, 1.82) is 0 Å². The van der Waals surface area contributed by atoms with Crippen LogP contribution in [0.2, 0.25) is 0 Å². The molecule has 0 aliphatic rings. The highest BCUT2D eigenvalue weighted by Crippen LogP contribution is 2.21. The highest BCUT2D eigenvalue weighted by Gasteiger charge is 2.16. The minimum absolute atomic E-state index is 0.370. The molecule has 0 aromatic heterocycles. The third-order valence-corrected chi connectivity index (χ3v) is 2.00. The molecule has 2 N–H and O–H groups in total. The van der Waals surface area contributed by atoms with Gasteiger partial charge in [-0.3, -0.25) is 0 Å². The van der Waals surface area contributed by atoms with Gasteiger partial charge in [0.25, 0.3) is 0 Å². The average Bonchev–Trinajstić information content (AvgIpc) is 2.28. The molecule has 1 atom stereocenters. The summed E-state index contributed by atoms with van der Waals surface area (Å²) in [6.07, 6.45) is 0.155. The summed E-state index contributed by atoms with van der Waals surface area (Å²) in [6.45, 7) is 4.00. The van der Waals surface area contributed by atoms with Gasteiger partial charge in [-0.2, -0.15) is 0 Å². The number of hydrogen-bond acceptors (Lipinski definition) is 4. The molecule has 1 unspecified atom stereocenters. The second-order valence-electron chi connectivity index (χ2n) is 3.47. The maximum atomic E-state index is 11.4. The first-order chi connectivity index (χ1) is 7.65. The van der Waals surface area contributed by atoms with Crippen molar-refractivity contribution in [3.63, 3.8) is 0 Å². The van der Waals surface area contributed by atoms with Gasteiger partial charge < -0.3 is 15.2 Å². The van der Waals surface area contributed by atoms with E-state index in [9.17, 15) is 4.79 Å². The summed E-state index contributed by atoms with van der Waals surface area (Å²) in [5.74, 6) is 0.133. The van der Waals surface area contributed by atoms with Crippen LogP contribution in [-0.2, 0) is 9.53 Å². The molecule has 1 aromatic rings. The lowest BCUT2D eigenvalue weighted by molar-refractivity contribution is -0.151. The molecular formula is C12H17NO3. The highest BCUT2D eigenvalue weighted by molar-refractivity contribution is 5.75. The molecular weight excluding hydrogens is 206 g/mol. The standard InChI is InChI=1S/C12H17NO3/c1-3-8-15-12(14)9(2)16-11-7-5-4-6-10(11)13/h4-7,9H,3,8,13H2,1-2H3. The van der Waals surface area contributed by atoms with Crippen molar-refractivity contribution < 1.29 is 14.3 Å². The number of nitrogens with two attached hydrogens (primary N) is 1. The van der Waals surface area contributed by atoms with Crippen LogP contribution < -0.4 is 10.5 Å². The Morgan fingerprint density at radius 3 is 2.75 bits per heavy atom. The Morgan fingerprint density at radius 2 is 2.12 bits per heavy atom. The zero-order valence-electron chi connectivity index (χ0n) is 9.60. The molecule has 0 spiro atoms. The molecule has 0 saturated carbocycles. The molecule has 0 saturated heterocycles. The summed E-state index contributed by atoms with van der Waals surface area (Å²) in [7, 11) is 0. The number of carbonyl (C=O) groups is 1. The van der Waals surface area contributed by atoms with Gasteiger partial charge in [0, 0.05) is 0 Å². The van der Waals surface area contributed by atoms with E-state index in [4.69, 9.17) is 15.2 Å². The molecule has 0 aliphatic heterocycles. The van der Waals surface area contributed by atoms with Crippen molar-refractivity contribution in [3.05, 3.63) is 24.3 Å². The second-order valence-corrected chi connectivity index (χ2v) is 3.47. The van der Waals surface area contributed by atoms with Crippen LogP contribution >= 0.6 is 0 Å². The molecule has 0 heterocycles. The Kier molecular flexibility index (Phi) is 4.64. The van der Waals surface area contributed by atoms with Crippen LogP contribution in [0.25, 0.3) is 0 Å². The molecule has 1 rings (SSSR count). The van der Waals surface area contributed by atoms with Crippen LogP contribution in [0.3, 0.4) is 0 Å². The zero-order valence-corrected chi connectivity index (χ0v) is 9.60. The third kappa shape index (κ3) is 3.46. The number of carbonyl (C=O) groups excluding carboxylic acids is 1. The Labute approximate surface area is 95.3 Å². The van der Waals surface area contributed by atoms with Crippen molar-refractivity contribution in [3.8, 4) is 5.75 Å². The number of hydrogen-bond donors (Lipinski definition) is 1. The largest absolute Gasteiger partial charge is 0.477 e. The molecule has 1 aromatic carbocycles. The predicted octanol–water partition coefficient (Wildman–Crippen LogP) is 1.99. The van der Waals surface area contributed by atoms with Gasteiger partial charge in [0.1, 0.15) is 5.75 Å². The van der Waals surface area contributed by atoms with E-state index in [1.165, 1.54) is 0 Å². The fourth-order valence-electron chi connectivity index (χ4n) is 1.15. The van der Waals surface area contributed by atoms with Gasteiger partial charge in [0.15, 0.2) is 6.10 Å². The number of anilines is 1. The van der Waals surface area contributed by atoms with E-state index in [0.29, 0.717) is 18.0 Å². The van der Waals surface area contributed by atoms with E-state index in [0.717, 1.165) is 6.42 Å². The van der Waals surface area contributed by atoms with Gasteiger partial charge in [0.05, 0.1) is 12.3 Å². The molecule has 0 fully saturated rings. The predicted molar refractivity (Wildman–Crippen MR) is 62.2 cm³/mol. The average molecular weight is 223 g/mol. The minimum atomic E-state index is -0.642. The second kappa shape index (κ2) is 6.00. The topological polar surface area (TPSA) is 61.5 Å². The normalized spacial score (nSPS) is 11.9. The lowest BCUT2D eigenvalue weighted by Crippen LogP contribution is -2.26. The molecule has 88 valence electrons. The first-order valence-corrected chi connectivity index (χ1v) is 5.33. The van der Waals surface area contributed by atoms with Crippen LogP contribution in [0.15, 0.2) is 24.3 Å². The van der Waals surface area contributed by atoms with E-state index in [2.05, 4.69) is 0 Å². The van der Waals surface area contributed by atoms with Crippen LogP contribution in [-0.4, -0.2) is 18.7 Å². The molecule has 4 nitrogen and oxygen atoms in total. The Balaban J connectivity index is 2.54. The van der Waals surface area contributed by atoms with Gasteiger partial charge in [-0.1, -0.05) is 19.1 Å². The maximum absolute atomic E-state index is 11.4. The van der Waals surface area contributed by atoms with Crippen LogP contribution in [0.5, 0.6) is 5.75 Å². The molecule has 0 aliphatic carbocycles. The van der Waals surface area contributed by atoms with E-state index in [1.54, 1.807) is 25.1 Å². The summed E-state index contributed by atoms with van der Waals surface area (Å²) < 4.78 is 10.4. The molecule has 4 heteroatoms. The lowest BCUT2D eigenvalue weighted by Gasteiger charge is -2.14. The van der Waals surface area contributed by atoms with Crippen molar-refractivity contribution >= 4 is 11.7 Å². The van der Waals surface area contributed by atoms with E-state index >= 15 is 0 Å². The SMILES string of the molecule is CCCOC(=O)C(C)Oc1ccccc1N. The number of benzene rings is 1. The number of rotatable bonds is 5. The molecule has 0 radical (unpaired) electrons. The summed E-state index contributed by atoms with van der Waals surface area (Å²) in [5, 5.41) is 0. The van der Waals surface area contributed by atoms with E-state index in [1.807, 2.05) is 13.0 Å². The van der Waals surface area contributed by atoms with Crippen molar-refractivity contribution in [1.82, 2.24) is 0 Å². The van der Waals surface area contributed by atoms with E-state index < -0.39 is 6.10 Å². The highest BCUT2D eigenvalue weighted by atomic mass is 16.6. The fraction of sp³-hybridized carbons (Fsp3) is 0.417.